The molecule has 7 heteroatoms. The van der Waals surface area contributed by atoms with Gasteiger partial charge in [-0.05, 0) is 55.0 Å². The quantitative estimate of drug-likeness (QED) is 0.703. The van der Waals surface area contributed by atoms with Crippen LogP contribution in [0, 0.1) is 6.92 Å². The van der Waals surface area contributed by atoms with Crippen molar-refractivity contribution in [3.63, 3.8) is 0 Å². The molecule has 0 aliphatic heterocycles. The molecule has 0 spiro atoms. The van der Waals surface area contributed by atoms with E-state index in [0.29, 0.717) is 38.5 Å². The summed E-state index contributed by atoms with van der Waals surface area (Å²) < 4.78 is 6.77. The Labute approximate surface area is 177 Å². The topological polar surface area (TPSA) is 68.5 Å². The van der Waals surface area contributed by atoms with E-state index in [1.807, 2.05) is 0 Å². The number of fused-ring (bicyclic) bond motifs is 1. The van der Waals surface area contributed by atoms with Crippen LogP contribution in [0.3, 0.4) is 0 Å². The predicted octanol–water partition coefficient (Wildman–Crippen LogP) is 3.55. The van der Waals surface area contributed by atoms with Crippen LogP contribution in [0.2, 0.25) is 5.02 Å². The number of carboxylic acid groups (broad SMARTS) is 1. The summed E-state index contributed by atoms with van der Waals surface area (Å²) in [5.41, 5.74) is 2.32. The summed E-state index contributed by atoms with van der Waals surface area (Å²) in [7, 11) is 1.54. The van der Waals surface area contributed by atoms with Crippen molar-refractivity contribution in [3.8, 4) is 5.75 Å². The van der Waals surface area contributed by atoms with E-state index in [1.54, 1.807) is 56.5 Å². The van der Waals surface area contributed by atoms with Gasteiger partial charge in [-0.2, -0.15) is 0 Å². The standard InChI is InChI=1S/C19H16ClNO4.Na/c1-11-15(10-18(22)23)16-9-14(25-2)7-8-17(16)21(11)19(24)12-3-5-13(20)6-4-12;/h3-9H,10H2,1-2H3,(H,22,23);. The van der Waals surface area contributed by atoms with Crippen LogP contribution < -0.4 is 4.74 Å². The number of carbonyl (C=O) groups is 2. The van der Waals surface area contributed by atoms with E-state index in [9.17, 15) is 14.7 Å². The Bertz CT molecular complexity index is 979. The zero-order chi connectivity index (χ0) is 18.1. The van der Waals surface area contributed by atoms with Gasteiger partial charge >= 0.3 is 5.97 Å². The third-order valence-electron chi connectivity index (χ3n) is 4.16. The monoisotopic (exact) mass is 380 g/mol. The Hall–Kier alpha value is -1.79. The molecule has 0 aliphatic rings. The molecule has 1 aromatic heterocycles. The van der Waals surface area contributed by atoms with Crippen LogP contribution in [-0.4, -0.2) is 58.2 Å². The number of methoxy groups -OCH3 is 1. The smallest absolute Gasteiger partial charge is 0.307 e. The van der Waals surface area contributed by atoms with Crippen molar-refractivity contribution < 1.29 is 19.4 Å². The third-order valence-corrected chi connectivity index (χ3v) is 4.42. The SMILES string of the molecule is COc1ccc2c(c1)c(CC(=O)O)c(C)n2C(=O)c1ccc(Cl)cc1.[Na]. The molecule has 3 rings (SSSR count). The van der Waals surface area contributed by atoms with E-state index in [-0.39, 0.29) is 41.9 Å². The minimum atomic E-state index is -0.955. The summed E-state index contributed by atoms with van der Waals surface area (Å²) in [5, 5.41) is 10.5. The molecule has 129 valence electrons. The van der Waals surface area contributed by atoms with Crippen LogP contribution in [0.5, 0.6) is 5.75 Å². The average Bonchev–Trinajstić information content (AvgIpc) is 2.86. The van der Waals surface area contributed by atoms with Gasteiger partial charge in [0.1, 0.15) is 5.75 Å². The third kappa shape index (κ3) is 3.81. The first-order valence-corrected chi connectivity index (χ1v) is 8.00. The number of carboxylic acids is 1. The molecule has 1 radical (unpaired) electrons. The summed E-state index contributed by atoms with van der Waals surface area (Å²) in [6.45, 7) is 1.75. The minimum absolute atomic E-state index is 0. The number of halogens is 1. The van der Waals surface area contributed by atoms with Crippen molar-refractivity contribution in [3.05, 3.63) is 64.3 Å². The van der Waals surface area contributed by atoms with Gasteiger partial charge in [0.2, 0.25) is 0 Å². The molecular weight excluding hydrogens is 365 g/mol. The van der Waals surface area contributed by atoms with Gasteiger partial charge in [-0.25, -0.2) is 0 Å². The Balaban J connectivity index is 0.00000243. The number of rotatable bonds is 4. The maximum atomic E-state index is 13.0. The van der Waals surface area contributed by atoms with Crippen LogP contribution in [0.15, 0.2) is 42.5 Å². The number of aromatic nitrogens is 1. The summed E-state index contributed by atoms with van der Waals surface area (Å²) in [4.78, 5) is 24.3. The van der Waals surface area contributed by atoms with Crippen molar-refractivity contribution >= 4 is 63.9 Å². The van der Waals surface area contributed by atoms with E-state index >= 15 is 0 Å². The van der Waals surface area contributed by atoms with E-state index in [4.69, 9.17) is 16.3 Å². The molecule has 0 unspecified atom stereocenters. The fraction of sp³-hybridized carbons (Fsp3) is 0.158. The van der Waals surface area contributed by atoms with E-state index < -0.39 is 5.97 Å². The number of benzene rings is 2. The maximum Gasteiger partial charge on any atom is 0.307 e. The molecule has 26 heavy (non-hydrogen) atoms. The molecule has 0 fully saturated rings. The summed E-state index contributed by atoms with van der Waals surface area (Å²) in [5.74, 6) is -0.583. The first kappa shape index (κ1) is 20.5. The Morgan fingerprint density at radius 3 is 2.38 bits per heavy atom. The molecule has 0 aliphatic carbocycles. The zero-order valence-electron chi connectivity index (χ0n) is 14.7. The van der Waals surface area contributed by atoms with Gasteiger partial charge in [-0.15, -0.1) is 0 Å². The molecular formula is C19H16ClNNaO4. The predicted molar refractivity (Wildman–Crippen MR) is 102 cm³/mol. The Morgan fingerprint density at radius 2 is 1.81 bits per heavy atom. The number of hydrogen-bond donors (Lipinski definition) is 1. The summed E-state index contributed by atoms with van der Waals surface area (Å²) in [6, 6.07) is 11.9. The van der Waals surface area contributed by atoms with Gasteiger partial charge in [0.05, 0.1) is 19.0 Å². The van der Waals surface area contributed by atoms with Crippen molar-refractivity contribution in [1.29, 1.82) is 0 Å². The number of carbonyl (C=O) groups excluding carboxylic acids is 1. The van der Waals surface area contributed by atoms with Crippen molar-refractivity contribution in [2.24, 2.45) is 0 Å². The second kappa shape index (κ2) is 8.27. The van der Waals surface area contributed by atoms with Crippen molar-refractivity contribution in [1.82, 2.24) is 4.57 Å². The molecule has 3 aromatic rings. The van der Waals surface area contributed by atoms with Crippen molar-refractivity contribution in [2.45, 2.75) is 13.3 Å². The van der Waals surface area contributed by atoms with Crippen LogP contribution >= 0.6 is 11.6 Å². The first-order valence-electron chi connectivity index (χ1n) is 7.62. The molecule has 0 saturated carbocycles. The largest absolute Gasteiger partial charge is 0.497 e. The van der Waals surface area contributed by atoms with Crippen molar-refractivity contribution in [2.75, 3.05) is 7.11 Å². The normalized spacial score (nSPS) is 10.4. The Morgan fingerprint density at radius 1 is 1.15 bits per heavy atom. The zero-order valence-corrected chi connectivity index (χ0v) is 17.5. The number of aliphatic carboxylic acids is 1. The molecule has 0 bridgehead atoms. The van der Waals surface area contributed by atoms with Crippen LogP contribution in [0.25, 0.3) is 10.9 Å². The van der Waals surface area contributed by atoms with Gasteiger partial charge in [-0.1, -0.05) is 11.6 Å². The first-order chi connectivity index (χ1) is 11.9. The van der Waals surface area contributed by atoms with Gasteiger partial charge in [0.25, 0.3) is 5.91 Å². The number of hydrogen-bond acceptors (Lipinski definition) is 3. The van der Waals surface area contributed by atoms with Gasteiger partial charge in [0, 0.05) is 51.2 Å². The number of ether oxygens (including phenoxy) is 1. The molecule has 0 saturated heterocycles. The summed E-state index contributed by atoms with van der Waals surface area (Å²) >= 11 is 5.89. The Kier molecular flexibility index (Phi) is 6.53. The number of nitrogens with zero attached hydrogens (tertiary/aromatic N) is 1. The summed E-state index contributed by atoms with van der Waals surface area (Å²) in [6.07, 6.45) is -0.170. The minimum Gasteiger partial charge on any atom is -0.497 e. The van der Waals surface area contributed by atoms with Gasteiger partial charge in [0.15, 0.2) is 0 Å². The molecule has 2 aromatic carbocycles. The maximum absolute atomic E-state index is 13.0. The molecule has 5 nitrogen and oxygen atoms in total. The van der Waals surface area contributed by atoms with Crippen LogP contribution in [0.1, 0.15) is 21.6 Å². The molecule has 1 heterocycles. The van der Waals surface area contributed by atoms with E-state index in [2.05, 4.69) is 0 Å². The molecule has 1 N–H and O–H groups in total. The fourth-order valence-electron chi connectivity index (χ4n) is 2.95. The van der Waals surface area contributed by atoms with Gasteiger partial charge < -0.3 is 9.84 Å². The van der Waals surface area contributed by atoms with E-state index in [1.165, 1.54) is 4.57 Å². The second-order valence-corrected chi connectivity index (χ2v) is 6.10. The fourth-order valence-corrected chi connectivity index (χ4v) is 3.07. The molecule has 0 amide bonds. The second-order valence-electron chi connectivity index (χ2n) is 5.67. The molecule has 0 atom stereocenters. The average molecular weight is 381 g/mol. The van der Waals surface area contributed by atoms with Crippen LogP contribution in [0.4, 0.5) is 0 Å². The van der Waals surface area contributed by atoms with E-state index in [0.717, 1.165) is 0 Å². The van der Waals surface area contributed by atoms with Crippen LogP contribution in [-0.2, 0) is 11.2 Å². The van der Waals surface area contributed by atoms with Gasteiger partial charge in [-0.3, -0.25) is 14.2 Å².